The van der Waals surface area contributed by atoms with E-state index in [0.717, 1.165) is 19.5 Å². The van der Waals surface area contributed by atoms with Crippen LogP contribution in [-0.4, -0.2) is 41.7 Å². The second-order valence-corrected chi connectivity index (χ2v) is 4.92. The van der Waals surface area contributed by atoms with Crippen molar-refractivity contribution in [3.63, 3.8) is 0 Å². The van der Waals surface area contributed by atoms with Gasteiger partial charge in [0, 0.05) is 32.1 Å². The van der Waals surface area contributed by atoms with E-state index in [-0.39, 0.29) is 6.61 Å². The fourth-order valence-corrected chi connectivity index (χ4v) is 1.80. The molecule has 0 aliphatic heterocycles. The summed E-state index contributed by atoms with van der Waals surface area (Å²) in [4.78, 5) is 5.36. The van der Waals surface area contributed by atoms with Crippen molar-refractivity contribution in [2.45, 2.75) is 20.3 Å². The van der Waals surface area contributed by atoms with E-state index in [1.165, 1.54) is 5.56 Å². The minimum atomic E-state index is 0.284. The molecule has 1 aromatic rings. The molecule has 92 valence electrons. The SMILES string of the molecule is CC(C)C(CO)CN(C)CCc1cc[nH]c1. The van der Waals surface area contributed by atoms with E-state index in [0.29, 0.717) is 11.8 Å². The van der Waals surface area contributed by atoms with E-state index in [2.05, 4.69) is 36.8 Å². The van der Waals surface area contributed by atoms with Gasteiger partial charge >= 0.3 is 0 Å². The van der Waals surface area contributed by atoms with Crippen molar-refractivity contribution in [2.75, 3.05) is 26.7 Å². The van der Waals surface area contributed by atoms with Gasteiger partial charge in [-0.3, -0.25) is 0 Å². The molecule has 0 amide bonds. The molecule has 3 heteroatoms. The van der Waals surface area contributed by atoms with Gasteiger partial charge in [-0.15, -0.1) is 0 Å². The van der Waals surface area contributed by atoms with Gasteiger partial charge in [-0.2, -0.15) is 0 Å². The molecular weight excluding hydrogens is 200 g/mol. The summed E-state index contributed by atoms with van der Waals surface area (Å²) in [5.74, 6) is 0.927. The number of H-pyrrole nitrogens is 1. The molecule has 1 unspecified atom stereocenters. The lowest BCUT2D eigenvalue weighted by atomic mass is 9.96. The van der Waals surface area contributed by atoms with Gasteiger partial charge in [0.25, 0.3) is 0 Å². The van der Waals surface area contributed by atoms with Crippen LogP contribution in [0.5, 0.6) is 0 Å². The zero-order valence-corrected chi connectivity index (χ0v) is 10.6. The lowest BCUT2D eigenvalue weighted by molar-refractivity contribution is 0.147. The second kappa shape index (κ2) is 6.71. The number of rotatable bonds is 7. The number of hydrogen-bond donors (Lipinski definition) is 2. The fourth-order valence-electron chi connectivity index (χ4n) is 1.80. The smallest absolute Gasteiger partial charge is 0.0473 e. The third kappa shape index (κ3) is 4.37. The van der Waals surface area contributed by atoms with Gasteiger partial charge < -0.3 is 15.0 Å². The number of nitrogens with zero attached hydrogens (tertiary/aromatic N) is 1. The maximum absolute atomic E-state index is 9.27. The molecule has 0 spiro atoms. The van der Waals surface area contributed by atoms with Crippen molar-refractivity contribution in [3.8, 4) is 0 Å². The quantitative estimate of drug-likeness (QED) is 0.740. The minimum Gasteiger partial charge on any atom is -0.396 e. The van der Waals surface area contributed by atoms with Crippen LogP contribution in [0.3, 0.4) is 0 Å². The highest BCUT2D eigenvalue weighted by Crippen LogP contribution is 2.11. The summed E-state index contributed by atoms with van der Waals surface area (Å²) >= 11 is 0. The zero-order valence-electron chi connectivity index (χ0n) is 10.6. The molecule has 1 atom stereocenters. The first-order valence-electron chi connectivity index (χ1n) is 6.04. The van der Waals surface area contributed by atoms with Crippen LogP contribution in [0.2, 0.25) is 0 Å². The van der Waals surface area contributed by atoms with Gasteiger partial charge in [0.05, 0.1) is 0 Å². The summed E-state index contributed by atoms with van der Waals surface area (Å²) in [5.41, 5.74) is 1.34. The highest BCUT2D eigenvalue weighted by molar-refractivity contribution is 5.08. The van der Waals surface area contributed by atoms with Gasteiger partial charge in [-0.05, 0) is 36.9 Å². The van der Waals surface area contributed by atoms with Crippen LogP contribution >= 0.6 is 0 Å². The standard InChI is InChI=1S/C13H24N2O/c1-11(2)13(10-16)9-15(3)7-5-12-4-6-14-8-12/h4,6,8,11,13-14,16H,5,7,9-10H2,1-3H3. The number of likely N-dealkylation sites (N-methyl/N-ethyl adjacent to an activating group) is 1. The van der Waals surface area contributed by atoms with Crippen LogP contribution in [0.1, 0.15) is 19.4 Å². The van der Waals surface area contributed by atoms with Gasteiger partial charge in [0.2, 0.25) is 0 Å². The van der Waals surface area contributed by atoms with Crippen molar-refractivity contribution < 1.29 is 5.11 Å². The maximum atomic E-state index is 9.27. The van der Waals surface area contributed by atoms with Crippen molar-refractivity contribution in [1.29, 1.82) is 0 Å². The number of nitrogens with one attached hydrogen (secondary N) is 1. The van der Waals surface area contributed by atoms with Crippen LogP contribution in [-0.2, 0) is 6.42 Å². The summed E-state index contributed by atoms with van der Waals surface area (Å²) in [5, 5.41) is 9.27. The topological polar surface area (TPSA) is 39.3 Å². The molecular formula is C13H24N2O. The number of aromatic amines is 1. The van der Waals surface area contributed by atoms with E-state index in [9.17, 15) is 5.11 Å². The first-order chi connectivity index (χ1) is 7.63. The Balaban J connectivity index is 2.27. The van der Waals surface area contributed by atoms with Crippen LogP contribution in [0.15, 0.2) is 18.5 Å². The van der Waals surface area contributed by atoms with E-state index in [1.54, 1.807) is 0 Å². The Kier molecular flexibility index (Phi) is 5.56. The predicted octanol–water partition coefficient (Wildman–Crippen LogP) is 1.75. The number of aromatic nitrogens is 1. The Hall–Kier alpha value is -0.800. The second-order valence-electron chi connectivity index (χ2n) is 4.92. The normalized spacial score (nSPS) is 13.6. The molecule has 1 aromatic heterocycles. The van der Waals surface area contributed by atoms with Crippen molar-refractivity contribution >= 4 is 0 Å². The molecule has 0 aliphatic carbocycles. The number of hydrogen-bond acceptors (Lipinski definition) is 2. The van der Waals surface area contributed by atoms with Crippen molar-refractivity contribution in [3.05, 3.63) is 24.0 Å². The summed E-state index contributed by atoms with van der Waals surface area (Å²) < 4.78 is 0. The summed E-state index contributed by atoms with van der Waals surface area (Å²) in [6.45, 7) is 6.63. The summed E-state index contributed by atoms with van der Waals surface area (Å²) in [6.07, 6.45) is 5.07. The highest BCUT2D eigenvalue weighted by atomic mass is 16.3. The molecule has 0 saturated heterocycles. The minimum absolute atomic E-state index is 0.284. The first-order valence-corrected chi connectivity index (χ1v) is 6.04. The Bertz CT molecular complexity index is 269. The van der Waals surface area contributed by atoms with Crippen LogP contribution in [0.25, 0.3) is 0 Å². The molecule has 1 rings (SSSR count). The number of aliphatic hydroxyl groups excluding tert-OH is 1. The maximum Gasteiger partial charge on any atom is 0.0473 e. The highest BCUT2D eigenvalue weighted by Gasteiger charge is 2.14. The number of aliphatic hydroxyl groups is 1. The van der Waals surface area contributed by atoms with Gasteiger partial charge in [0.1, 0.15) is 0 Å². The van der Waals surface area contributed by atoms with Crippen molar-refractivity contribution in [1.82, 2.24) is 9.88 Å². The summed E-state index contributed by atoms with van der Waals surface area (Å²) in [7, 11) is 2.12. The average Bonchev–Trinajstić information content (AvgIpc) is 2.75. The lowest BCUT2D eigenvalue weighted by Gasteiger charge is -2.25. The summed E-state index contributed by atoms with van der Waals surface area (Å²) in [6, 6.07) is 2.11. The molecule has 16 heavy (non-hydrogen) atoms. The predicted molar refractivity (Wildman–Crippen MR) is 67.4 cm³/mol. The molecule has 0 aliphatic rings. The van der Waals surface area contributed by atoms with E-state index >= 15 is 0 Å². The van der Waals surface area contributed by atoms with E-state index in [1.807, 2.05) is 12.4 Å². The molecule has 0 fully saturated rings. The molecule has 2 N–H and O–H groups in total. The Labute approximate surface area is 98.5 Å². The van der Waals surface area contributed by atoms with Gasteiger partial charge in [0.15, 0.2) is 0 Å². The third-order valence-electron chi connectivity index (χ3n) is 3.17. The van der Waals surface area contributed by atoms with Crippen LogP contribution in [0, 0.1) is 11.8 Å². The van der Waals surface area contributed by atoms with Crippen LogP contribution in [0.4, 0.5) is 0 Å². The van der Waals surface area contributed by atoms with Crippen molar-refractivity contribution in [2.24, 2.45) is 11.8 Å². The first kappa shape index (κ1) is 13.3. The van der Waals surface area contributed by atoms with Crippen LogP contribution < -0.4 is 0 Å². The molecule has 0 bridgehead atoms. The third-order valence-corrected chi connectivity index (χ3v) is 3.17. The van der Waals surface area contributed by atoms with E-state index in [4.69, 9.17) is 0 Å². The van der Waals surface area contributed by atoms with Gasteiger partial charge in [-0.25, -0.2) is 0 Å². The lowest BCUT2D eigenvalue weighted by Crippen LogP contribution is -2.32. The zero-order chi connectivity index (χ0) is 12.0. The average molecular weight is 224 g/mol. The molecule has 0 radical (unpaired) electrons. The molecule has 1 heterocycles. The molecule has 0 aromatic carbocycles. The fraction of sp³-hybridized carbons (Fsp3) is 0.692. The Morgan fingerprint density at radius 1 is 1.44 bits per heavy atom. The largest absolute Gasteiger partial charge is 0.396 e. The Morgan fingerprint density at radius 2 is 2.19 bits per heavy atom. The molecule has 0 saturated carbocycles. The Morgan fingerprint density at radius 3 is 2.69 bits per heavy atom. The molecule has 3 nitrogen and oxygen atoms in total. The monoisotopic (exact) mass is 224 g/mol. The van der Waals surface area contributed by atoms with Gasteiger partial charge in [-0.1, -0.05) is 13.8 Å². The van der Waals surface area contributed by atoms with E-state index < -0.39 is 0 Å².